The monoisotopic (exact) mass is 281 g/mol. The summed E-state index contributed by atoms with van der Waals surface area (Å²) in [5.41, 5.74) is 6.39. The first kappa shape index (κ1) is 21.0. The van der Waals surface area contributed by atoms with Gasteiger partial charge < -0.3 is 10.5 Å². The van der Waals surface area contributed by atoms with E-state index in [9.17, 15) is 4.79 Å². The van der Waals surface area contributed by atoms with Gasteiger partial charge in [-0.1, -0.05) is 64.4 Å². The maximum atomic E-state index is 11.3. The SMILES string of the molecule is CC.CC.NCCCCCC(=O)OCc1ccccc1. The van der Waals surface area contributed by atoms with Crippen molar-refractivity contribution in [3.05, 3.63) is 35.9 Å². The molecule has 0 radical (unpaired) electrons. The van der Waals surface area contributed by atoms with Gasteiger partial charge in [0.1, 0.15) is 6.61 Å². The zero-order valence-electron chi connectivity index (χ0n) is 13.5. The topological polar surface area (TPSA) is 52.3 Å². The van der Waals surface area contributed by atoms with Crippen LogP contribution in [0.3, 0.4) is 0 Å². The van der Waals surface area contributed by atoms with E-state index in [4.69, 9.17) is 10.5 Å². The predicted octanol–water partition coefficient (Wildman–Crippen LogP) is 4.30. The molecule has 0 saturated carbocycles. The van der Waals surface area contributed by atoms with E-state index in [1.807, 2.05) is 58.0 Å². The fourth-order valence-corrected chi connectivity index (χ4v) is 1.40. The van der Waals surface area contributed by atoms with E-state index < -0.39 is 0 Å². The summed E-state index contributed by atoms with van der Waals surface area (Å²) in [4.78, 5) is 11.3. The quantitative estimate of drug-likeness (QED) is 0.599. The Balaban J connectivity index is 0. The summed E-state index contributed by atoms with van der Waals surface area (Å²) < 4.78 is 5.14. The Hall–Kier alpha value is -1.35. The van der Waals surface area contributed by atoms with Crippen LogP contribution in [0.4, 0.5) is 0 Å². The second kappa shape index (κ2) is 17.6. The maximum absolute atomic E-state index is 11.3. The van der Waals surface area contributed by atoms with Crippen LogP contribution in [-0.2, 0) is 16.1 Å². The molecule has 3 heteroatoms. The lowest BCUT2D eigenvalue weighted by Crippen LogP contribution is -2.05. The van der Waals surface area contributed by atoms with Crippen molar-refractivity contribution in [2.75, 3.05) is 6.54 Å². The molecular formula is C17H31NO2. The first-order valence-electron chi connectivity index (χ1n) is 7.72. The highest BCUT2D eigenvalue weighted by Crippen LogP contribution is 2.04. The van der Waals surface area contributed by atoms with Crippen molar-refractivity contribution < 1.29 is 9.53 Å². The highest BCUT2D eigenvalue weighted by atomic mass is 16.5. The van der Waals surface area contributed by atoms with Crippen LogP contribution in [-0.4, -0.2) is 12.5 Å². The third-order valence-corrected chi connectivity index (χ3v) is 2.33. The molecule has 0 amide bonds. The summed E-state index contributed by atoms with van der Waals surface area (Å²) in [5, 5.41) is 0. The number of esters is 1. The Kier molecular flexibility index (Phi) is 18.5. The van der Waals surface area contributed by atoms with Gasteiger partial charge in [0.25, 0.3) is 0 Å². The fraction of sp³-hybridized carbons (Fsp3) is 0.588. The average Bonchev–Trinajstić information content (AvgIpc) is 2.54. The Morgan fingerprint density at radius 1 is 1.00 bits per heavy atom. The molecule has 0 aromatic heterocycles. The van der Waals surface area contributed by atoms with Gasteiger partial charge in [0.05, 0.1) is 0 Å². The lowest BCUT2D eigenvalue weighted by Gasteiger charge is -2.04. The van der Waals surface area contributed by atoms with Gasteiger partial charge in [0.15, 0.2) is 0 Å². The molecule has 2 N–H and O–H groups in total. The van der Waals surface area contributed by atoms with E-state index in [0.717, 1.165) is 24.8 Å². The van der Waals surface area contributed by atoms with Crippen molar-refractivity contribution in [1.29, 1.82) is 0 Å². The molecule has 0 fully saturated rings. The minimum absolute atomic E-state index is 0.124. The lowest BCUT2D eigenvalue weighted by atomic mass is 10.2. The first-order chi connectivity index (χ1) is 9.83. The largest absolute Gasteiger partial charge is 0.461 e. The molecule has 116 valence electrons. The van der Waals surface area contributed by atoms with Crippen LogP contribution in [0.1, 0.15) is 58.9 Å². The predicted molar refractivity (Wildman–Crippen MR) is 86.5 cm³/mol. The molecule has 0 aliphatic carbocycles. The number of ether oxygens (including phenoxy) is 1. The third-order valence-electron chi connectivity index (χ3n) is 2.33. The normalized spacial score (nSPS) is 8.65. The van der Waals surface area contributed by atoms with Crippen LogP contribution >= 0.6 is 0 Å². The van der Waals surface area contributed by atoms with Gasteiger partial charge in [0, 0.05) is 6.42 Å². The number of carbonyl (C=O) groups excluding carboxylic acids is 1. The first-order valence-corrected chi connectivity index (χ1v) is 7.72. The minimum atomic E-state index is -0.124. The number of nitrogens with two attached hydrogens (primary N) is 1. The number of unbranched alkanes of at least 4 members (excludes halogenated alkanes) is 2. The van der Waals surface area contributed by atoms with Crippen molar-refractivity contribution in [1.82, 2.24) is 0 Å². The van der Waals surface area contributed by atoms with E-state index in [1.54, 1.807) is 0 Å². The van der Waals surface area contributed by atoms with Crippen LogP contribution < -0.4 is 5.73 Å². The van der Waals surface area contributed by atoms with E-state index in [-0.39, 0.29) is 5.97 Å². The molecule has 1 rings (SSSR count). The molecule has 20 heavy (non-hydrogen) atoms. The summed E-state index contributed by atoms with van der Waals surface area (Å²) in [6.07, 6.45) is 3.33. The Bertz CT molecular complexity index is 299. The lowest BCUT2D eigenvalue weighted by molar-refractivity contribution is -0.145. The number of hydrogen-bond acceptors (Lipinski definition) is 3. The van der Waals surface area contributed by atoms with Crippen molar-refractivity contribution in [2.45, 2.75) is 60.0 Å². The Morgan fingerprint density at radius 3 is 2.15 bits per heavy atom. The van der Waals surface area contributed by atoms with Crippen LogP contribution in [0.15, 0.2) is 30.3 Å². The van der Waals surface area contributed by atoms with Gasteiger partial charge in [-0.3, -0.25) is 4.79 Å². The van der Waals surface area contributed by atoms with Gasteiger partial charge in [0.2, 0.25) is 0 Å². The Morgan fingerprint density at radius 2 is 1.60 bits per heavy atom. The smallest absolute Gasteiger partial charge is 0.306 e. The van der Waals surface area contributed by atoms with Gasteiger partial charge >= 0.3 is 5.97 Å². The zero-order chi connectivity index (χ0) is 15.6. The molecule has 0 aliphatic heterocycles. The molecule has 0 aliphatic rings. The molecule has 0 spiro atoms. The molecule has 0 heterocycles. The van der Waals surface area contributed by atoms with Crippen molar-refractivity contribution in [3.63, 3.8) is 0 Å². The van der Waals surface area contributed by atoms with Crippen LogP contribution in [0.25, 0.3) is 0 Å². The zero-order valence-corrected chi connectivity index (χ0v) is 13.5. The standard InChI is InChI=1S/C13H19NO2.2C2H6/c14-10-6-2-5-9-13(15)16-11-12-7-3-1-4-8-12;2*1-2/h1,3-4,7-8H,2,5-6,9-11,14H2;2*1-2H3. The molecule has 0 saturated heterocycles. The molecule has 3 nitrogen and oxygen atoms in total. The van der Waals surface area contributed by atoms with Crippen molar-refractivity contribution in [3.8, 4) is 0 Å². The second-order valence-electron chi connectivity index (χ2n) is 3.75. The summed E-state index contributed by atoms with van der Waals surface area (Å²) in [7, 11) is 0. The molecule has 1 aromatic carbocycles. The summed E-state index contributed by atoms with van der Waals surface area (Å²) in [6.45, 7) is 9.07. The van der Waals surface area contributed by atoms with Crippen LogP contribution in [0, 0.1) is 0 Å². The van der Waals surface area contributed by atoms with Gasteiger partial charge in [-0.15, -0.1) is 0 Å². The van der Waals surface area contributed by atoms with Gasteiger partial charge in [-0.05, 0) is 24.9 Å². The number of benzene rings is 1. The van der Waals surface area contributed by atoms with E-state index >= 15 is 0 Å². The van der Waals surface area contributed by atoms with Crippen LogP contribution in [0.5, 0.6) is 0 Å². The van der Waals surface area contributed by atoms with E-state index in [2.05, 4.69) is 0 Å². The van der Waals surface area contributed by atoms with E-state index in [1.165, 1.54) is 0 Å². The summed E-state index contributed by atoms with van der Waals surface area (Å²) in [6, 6.07) is 9.70. The maximum Gasteiger partial charge on any atom is 0.306 e. The third kappa shape index (κ3) is 13.1. The fourth-order valence-electron chi connectivity index (χ4n) is 1.40. The van der Waals surface area contributed by atoms with E-state index in [0.29, 0.717) is 19.6 Å². The van der Waals surface area contributed by atoms with Crippen molar-refractivity contribution in [2.24, 2.45) is 5.73 Å². The van der Waals surface area contributed by atoms with Crippen molar-refractivity contribution >= 4 is 5.97 Å². The summed E-state index contributed by atoms with van der Waals surface area (Å²) in [5.74, 6) is -0.124. The number of hydrogen-bond donors (Lipinski definition) is 1. The average molecular weight is 281 g/mol. The van der Waals surface area contributed by atoms with Gasteiger partial charge in [-0.2, -0.15) is 0 Å². The molecular weight excluding hydrogens is 250 g/mol. The molecule has 1 aromatic rings. The second-order valence-corrected chi connectivity index (χ2v) is 3.75. The molecule has 0 atom stereocenters. The molecule has 0 unspecified atom stereocenters. The highest BCUT2D eigenvalue weighted by Gasteiger charge is 2.02. The highest BCUT2D eigenvalue weighted by molar-refractivity contribution is 5.69. The molecule has 0 bridgehead atoms. The van der Waals surface area contributed by atoms with Gasteiger partial charge in [-0.25, -0.2) is 0 Å². The number of rotatable bonds is 7. The summed E-state index contributed by atoms with van der Waals surface area (Å²) >= 11 is 0. The number of carbonyl (C=O) groups is 1. The minimum Gasteiger partial charge on any atom is -0.461 e. The van der Waals surface area contributed by atoms with Crippen LogP contribution in [0.2, 0.25) is 0 Å². The Labute approximate surface area is 124 Å².